The molecule has 1 aliphatic rings. The Hall–Kier alpha value is -1.95. The number of unbranched alkanes of at least 4 members (excludes halogenated alkanes) is 1. The molecule has 5 nitrogen and oxygen atoms in total. The highest BCUT2D eigenvalue weighted by Crippen LogP contribution is 2.24. The number of amides is 1. The van der Waals surface area contributed by atoms with Crippen LogP contribution < -0.4 is 0 Å². The van der Waals surface area contributed by atoms with Gasteiger partial charge in [0.05, 0.1) is 17.0 Å². The molecular formula is C18H22N2O3S. The lowest BCUT2D eigenvalue weighted by molar-refractivity contribution is 0.0696. The van der Waals surface area contributed by atoms with Crippen molar-refractivity contribution in [3.63, 3.8) is 0 Å². The van der Waals surface area contributed by atoms with Crippen molar-refractivity contribution >= 4 is 26.6 Å². The Morgan fingerprint density at radius 2 is 2.12 bits per heavy atom. The first-order chi connectivity index (χ1) is 11.5. The number of hydrogen-bond acceptors (Lipinski definition) is 4. The van der Waals surface area contributed by atoms with Gasteiger partial charge in [0.15, 0.2) is 9.84 Å². The molecule has 1 fully saturated rings. The van der Waals surface area contributed by atoms with Crippen molar-refractivity contribution in [1.82, 2.24) is 9.88 Å². The molecular weight excluding hydrogens is 324 g/mol. The number of carbonyl (C=O) groups excluding carboxylic acids is 1. The Morgan fingerprint density at radius 1 is 1.29 bits per heavy atom. The van der Waals surface area contributed by atoms with E-state index in [1.165, 1.54) is 0 Å². The molecule has 1 unspecified atom stereocenters. The quantitative estimate of drug-likeness (QED) is 0.835. The van der Waals surface area contributed by atoms with Crippen LogP contribution in [0.5, 0.6) is 0 Å². The first-order valence-corrected chi connectivity index (χ1v) is 10.2. The second-order valence-electron chi connectivity index (χ2n) is 6.28. The topological polar surface area (TPSA) is 67.3 Å². The Labute approximate surface area is 142 Å². The van der Waals surface area contributed by atoms with Gasteiger partial charge in [0.1, 0.15) is 0 Å². The van der Waals surface area contributed by atoms with Gasteiger partial charge >= 0.3 is 0 Å². The number of aromatic nitrogens is 1. The summed E-state index contributed by atoms with van der Waals surface area (Å²) in [5.74, 6) is 0.153. The summed E-state index contributed by atoms with van der Waals surface area (Å²) in [6, 6.07) is 8.98. The SMILES string of the molecule is CCCCN(C(=O)c1cccc2ncccc12)C1CCS(=O)(=O)C1. The summed E-state index contributed by atoms with van der Waals surface area (Å²) in [4.78, 5) is 19.2. The molecule has 1 saturated heterocycles. The van der Waals surface area contributed by atoms with Crippen molar-refractivity contribution in [2.45, 2.75) is 32.2 Å². The highest BCUT2D eigenvalue weighted by atomic mass is 32.2. The van der Waals surface area contributed by atoms with Crippen molar-refractivity contribution < 1.29 is 13.2 Å². The lowest BCUT2D eigenvalue weighted by Crippen LogP contribution is -2.41. The van der Waals surface area contributed by atoms with Crippen LogP contribution in [0.25, 0.3) is 10.9 Å². The third kappa shape index (κ3) is 3.43. The molecule has 0 radical (unpaired) electrons. The zero-order chi connectivity index (χ0) is 17.2. The van der Waals surface area contributed by atoms with Crippen molar-refractivity contribution in [3.8, 4) is 0 Å². The average Bonchev–Trinajstić information content (AvgIpc) is 2.94. The lowest BCUT2D eigenvalue weighted by Gasteiger charge is -2.28. The third-order valence-electron chi connectivity index (χ3n) is 4.54. The minimum atomic E-state index is -3.03. The standard InChI is InChI=1S/C18H22N2O3S/c1-2-3-11-20(14-9-12-24(22,23)13-14)18(21)16-6-4-8-17-15(16)7-5-10-19-17/h4-8,10,14H,2-3,9,11-13H2,1H3. The molecule has 0 spiro atoms. The fraction of sp³-hybridized carbons (Fsp3) is 0.444. The van der Waals surface area contributed by atoms with Gasteiger partial charge in [0, 0.05) is 29.7 Å². The molecule has 0 saturated carbocycles. The average molecular weight is 346 g/mol. The van der Waals surface area contributed by atoms with Crippen molar-refractivity contribution in [2.24, 2.45) is 0 Å². The molecule has 2 aromatic rings. The molecule has 0 N–H and O–H groups in total. The minimum Gasteiger partial charge on any atom is -0.335 e. The van der Waals surface area contributed by atoms with E-state index in [1.807, 2.05) is 24.3 Å². The van der Waals surface area contributed by atoms with Crippen LogP contribution in [0, 0.1) is 0 Å². The number of sulfone groups is 1. The van der Waals surface area contributed by atoms with Gasteiger partial charge in [0.25, 0.3) is 5.91 Å². The first-order valence-electron chi connectivity index (χ1n) is 8.37. The Bertz CT molecular complexity index is 843. The van der Waals surface area contributed by atoms with E-state index < -0.39 is 9.84 Å². The summed E-state index contributed by atoms with van der Waals surface area (Å²) >= 11 is 0. The number of benzene rings is 1. The van der Waals surface area contributed by atoms with Crippen LogP contribution in [0.3, 0.4) is 0 Å². The number of fused-ring (bicyclic) bond motifs is 1. The number of hydrogen-bond donors (Lipinski definition) is 0. The summed E-state index contributed by atoms with van der Waals surface area (Å²) in [7, 11) is -3.03. The van der Waals surface area contributed by atoms with E-state index in [2.05, 4.69) is 11.9 Å². The van der Waals surface area contributed by atoms with Crippen LogP contribution in [0.2, 0.25) is 0 Å². The monoisotopic (exact) mass is 346 g/mol. The normalized spacial score (nSPS) is 19.5. The Kier molecular flexibility index (Phi) is 4.85. The van der Waals surface area contributed by atoms with Gasteiger partial charge in [-0.25, -0.2) is 8.42 Å². The summed E-state index contributed by atoms with van der Waals surface area (Å²) in [6.07, 6.45) is 4.06. The maximum Gasteiger partial charge on any atom is 0.254 e. The van der Waals surface area contributed by atoms with Crippen LogP contribution in [-0.2, 0) is 9.84 Å². The molecule has 0 aliphatic carbocycles. The fourth-order valence-corrected chi connectivity index (χ4v) is 4.97. The molecule has 24 heavy (non-hydrogen) atoms. The third-order valence-corrected chi connectivity index (χ3v) is 6.29. The van der Waals surface area contributed by atoms with E-state index in [9.17, 15) is 13.2 Å². The van der Waals surface area contributed by atoms with Gasteiger partial charge in [-0.15, -0.1) is 0 Å². The highest BCUT2D eigenvalue weighted by Gasteiger charge is 2.35. The number of nitrogens with zero attached hydrogens (tertiary/aromatic N) is 2. The predicted octanol–water partition coefficient (Wildman–Crippen LogP) is 2.66. The number of rotatable bonds is 5. The molecule has 1 amide bonds. The molecule has 3 rings (SSSR count). The van der Waals surface area contributed by atoms with Gasteiger partial charge in [-0.2, -0.15) is 0 Å². The first kappa shape index (κ1) is 16.9. The smallest absolute Gasteiger partial charge is 0.254 e. The van der Waals surface area contributed by atoms with E-state index in [4.69, 9.17) is 0 Å². The lowest BCUT2D eigenvalue weighted by atomic mass is 10.1. The Morgan fingerprint density at radius 3 is 2.83 bits per heavy atom. The number of pyridine rings is 1. The number of carbonyl (C=O) groups is 1. The summed E-state index contributed by atoms with van der Waals surface area (Å²) in [5, 5.41) is 0.812. The summed E-state index contributed by atoms with van der Waals surface area (Å²) < 4.78 is 23.7. The van der Waals surface area contributed by atoms with Gasteiger partial charge in [-0.1, -0.05) is 25.5 Å². The van der Waals surface area contributed by atoms with E-state index in [1.54, 1.807) is 17.2 Å². The van der Waals surface area contributed by atoms with Crippen LogP contribution >= 0.6 is 0 Å². The van der Waals surface area contributed by atoms with E-state index >= 15 is 0 Å². The van der Waals surface area contributed by atoms with Crippen molar-refractivity contribution in [3.05, 3.63) is 42.1 Å². The zero-order valence-electron chi connectivity index (χ0n) is 13.8. The van der Waals surface area contributed by atoms with Crippen LogP contribution in [0.4, 0.5) is 0 Å². The van der Waals surface area contributed by atoms with Gasteiger partial charge in [-0.3, -0.25) is 9.78 Å². The molecule has 2 heterocycles. The molecule has 128 valence electrons. The van der Waals surface area contributed by atoms with E-state index in [0.717, 1.165) is 23.7 Å². The highest BCUT2D eigenvalue weighted by molar-refractivity contribution is 7.91. The van der Waals surface area contributed by atoms with Crippen molar-refractivity contribution in [1.29, 1.82) is 0 Å². The maximum absolute atomic E-state index is 13.2. The molecule has 1 aromatic heterocycles. The summed E-state index contributed by atoms with van der Waals surface area (Å²) in [5.41, 5.74) is 1.37. The maximum atomic E-state index is 13.2. The van der Waals surface area contributed by atoms with E-state index in [-0.39, 0.29) is 23.5 Å². The molecule has 1 aromatic carbocycles. The Balaban J connectivity index is 1.96. The largest absolute Gasteiger partial charge is 0.335 e. The second kappa shape index (κ2) is 6.89. The molecule has 0 bridgehead atoms. The minimum absolute atomic E-state index is 0.0749. The van der Waals surface area contributed by atoms with E-state index in [0.29, 0.717) is 18.5 Å². The molecule has 6 heteroatoms. The van der Waals surface area contributed by atoms with Crippen molar-refractivity contribution in [2.75, 3.05) is 18.1 Å². The molecule has 1 aliphatic heterocycles. The zero-order valence-corrected chi connectivity index (χ0v) is 14.6. The van der Waals surface area contributed by atoms with Gasteiger partial charge < -0.3 is 4.90 Å². The van der Waals surface area contributed by atoms with Crippen LogP contribution in [0.15, 0.2) is 36.5 Å². The van der Waals surface area contributed by atoms with Crippen LogP contribution in [0.1, 0.15) is 36.5 Å². The summed E-state index contributed by atoms with van der Waals surface area (Å²) in [6.45, 7) is 2.65. The van der Waals surface area contributed by atoms with Crippen LogP contribution in [-0.4, -0.2) is 48.3 Å². The predicted molar refractivity (Wildman–Crippen MR) is 94.7 cm³/mol. The van der Waals surface area contributed by atoms with Gasteiger partial charge in [0.2, 0.25) is 0 Å². The molecule has 1 atom stereocenters. The second-order valence-corrected chi connectivity index (χ2v) is 8.51. The fourth-order valence-electron chi connectivity index (χ4n) is 3.24. The van der Waals surface area contributed by atoms with Gasteiger partial charge in [-0.05, 0) is 31.0 Å².